The van der Waals surface area contributed by atoms with Crippen LogP contribution in [0.15, 0.2) is 82.7 Å². The molecule has 7 nitrogen and oxygen atoms in total. The summed E-state index contributed by atoms with van der Waals surface area (Å²) in [6.07, 6.45) is 1.79. The lowest BCUT2D eigenvalue weighted by molar-refractivity contribution is -0.115. The molecule has 0 aliphatic carbocycles. The fourth-order valence-corrected chi connectivity index (χ4v) is 3.87. The molecular formula is C25H20N2O5S. The number of rotatable bonds is 7. The van der Waals surface area contributed by atoms with E-state index in [1.807, 2.05) is 42.5 Å². The van der Waals surface area contributed by atoms with Crippen LogP contribution < -0.4 is 14.8 Å². The van der Waals surface area contributed by atoms with Crippen LogP contribution in [0, 0.1) is 0 Å². The zero-order valence-electron chi connectivity index (χ0n) is 17.6. The van der Waals surface area contributed by atoms with E-state index in [4.69, 9.17) is 14.6 Å². The van der Waals surface area contributed by atoms with Gasteiger partial charge in [-0.25, -0.2) is 9.79 Å². The smallest absolute Gasteiger partial charge is 0.335 e. The lowest BCUT2D eigenvalue weighted by atomic mass is 10.1. The minimum absolute atomic E-state index is 0.203. The number of ether oxygens (including phenoxy) is 2. The van der Waals surface area contributed by atoms with Crippen molar-refractivity contribution in [3.63, 3.8) is 0 Å². The lowest BCUT2D eigenvalue weighted by Crippen LogP contribution is -2.19. The molecule has 33 heavy (non-hydrogen) atoms. The van der Waals surface area contributed by atoms with E-state index >= 15 is 0 Å². The number of nitrogens with one attached hydrogen (secondary N) is 1. The number of methoxy groups -OCH3 is 1. The molecule has 0 atom stereocenters. The van der Waals surface area contributed by atoms with Crippen LogP contribution in [-0.2, 0) is 11.4 Å². The van der Waals surface area contributed by atoms with Crippen molar-refractivity contribution in [3.8, 4) is 11.5 Å². The van der Waals surface area contributed by atoms with E-state index in [1.165, 1.54) is 11.8 Å². The summed E-state index contributed by atoms with van der Waals surface area (Å²) >= 11 is 1.27. The number of carboxylic acids is 1. The fraction of sp³-hybridized carbons (Fsp3) is 0.0800. The van der Waals surface area contributed by atoms with Crippen molar-refractivity contribution < 1.29 is 24.2 Å². The number of benzene rings is 3. The maximum atomic E-state index is 12.3. The van der Waals surface area contributed by atoms with Crippen molar-refractivity contribution in [1.29, 1.82) is 0 Å². The van der Waals surface area contributed by atoms with E-state index in [9.17, 15) is 9.59 Å². The highest BCUT2D eigenvalue weighted by Gasteiger charge is 2.23. The normalized spacial score (nSPS) is 15.5. The monoisotopic (exact) mass is 460 g/mol. The van der Waals surface area contributed by atoms with Crippen molar-refractivity contribution in [2.45, 2.75) is 6.61 Å². The Bertz CT molecular complexity index is 1230. The van der Waals surface area contributed by atoms with Crippen LogP contribution in [0.25, 0.3) is 6.08 Å². The summed E-state index contributed by atoms with van der Waals surface area (Å²) in [4.78, 5) is 28.4. The molecule has 1 aliphatic heterocycles. The SMILES string of the molecule is COc1ccc(N=C2NC(=O)/C(=C/c3ccc(OCc4cccc(C(=O)O)c4)cc3)S2)cc1. The van der Waals surface area contributed by atoms with Gasteiger partial charge in [-0.2, -0.15) is 0 Å². The predicted octanol–water partition coefficient (Wildman–Crippen LogP) is 4.86. The Morgan fingerprint density at radius 2 is 1.79 bits per heavy atom. The van der Waals surface area contributed by atoms with E-state index in [-0.39, 0.29) is 18.1 Å². The molecule has 3 aromatic carbocycles. The molecule has 0 spiro atoms. The molecule has 0 unspecified atom stereocenters. The van der Waals surface area contributed by atoms with Gasteiger partial charge in [0, 0.05) is 0 Å². The summed E-state index contributed by atoms with van der Waals surface area (Å²) in [5, 5.41) is 12.4. The third kappa shape index (κ3) is 5.81. The summed E-state index contributed by atoms with van der Waals surface area (Å²) in [5.41, 5.74) is 2.55. The molecule has 0 bridgehead atoms. The van der Waals surface area contributed by atoms with Crippen LogP contribution in [0.4, 0.5) is 5.69 Å². The zero-order chi connectivity index (χ0) is 23.2. The van der Waals surface area contributed by atoms with Gasteiger partial charge >= 0.3 is 5.97 Å². The number of hydrogen-bond acceptors (Lipinski definition) is 6. The van der Waals surface area contributed by atoms with Crippen molar-refractivity contribution >= 4 is 40.6 Å². The Morgan fingerprint density at radius 1 is 1.06 bits per heavy atom. The third-order valence-electron chi connectivity index (χ3n) is 4.71. The first-order valence-electron chi connectivity index (χ1n) is 9.99. The first kappa shape index (κ1) is 22.2. The summed E-state index contributed by atoms with van der Waals surface area (Å²) in [5.74, 6) is 0.207. The molecule has 3 aromatic rings. The number of carboxylic acid groups (broad SMARTS) is 1. The van der Waals surface area contributed by atoms with Gasteiger partial charge < -0.3 is 19.9 Å². The summed E-state index contributed by atoms with van der Waals surface area (Å²) in [6, 6.07) is 21.2. The molecule has 1 aliphatic rings. The number of carbonyl (C=O) groups is 2. The van der Waals surface area contributed by atoms with Gasteiger partial charge in [-0.15, -0.1) is 0 Å². The minimum Gasteiger partial charge on any atom is -0.497 e. The average molecular weight is 461 g/mol. The number of carbonyl (C=O) groups excluding carboxylic acids is 1. The standard InChI is InChI=1S/C25H20N2O5S/c1-31-20-11-7-19(8-12-20)26-25-27-23(28)22(33-25)14-16-5-9-21(10-6-16)32-15-17-3-2-4-18(13-17)24(29)30/h2-14H,15H2,1H3,(H,29,30)(H,26,27,28)/b22-14-. The van der Waals surface area contributed by atoms with E-state index in [1.54, 1.807) is 43.5 Å². The molecule has 1 amide bonds. The van der Waals surface area contributed by atoms with Crippen LogP contribution >= 0.6 is 11.8 Å². The fourth-order valence-electron chi connectivity index (χ4n) is 3.03. The van der Waals surface area contributed by atoms with Crippen LogP contribution in [0.2, 0.25) is 0 Å². The second-order valence-corrected chi connectivity index (χ2v) is 8.07. The van der Waals surface area contributed by atoms with Crippen LogP contribution in [0.5, 0.6) is 11.5 Å². The zero-order valence-corrected chi connectivity index (χ0v) is 18.5. The molecule has 1 fully saturated rings. The van der Waals surface area contributed by atoms with Crippen molar-refractivity contribution in [2.24, 2.45) is 4.99 Å². The van der Waals surface area contributed by atoms with Crippen molar-refractivity contribution in [2.75, 3.05) is 7.11 Å². The third-order valence-corrected chi connectivity index (χ3v) is 5.62. The second kappa shape index (κ2) is 10.1. The van der Waals surface area contributed by atoms with Gasteiger partial charge in [-0.1, -0.05) is 24.3 Å². The van der Waals surface area contributed by atoms with Gasteiger partial charge in [0.25, 0.3) is 5.91 Å². The second-order valence-electron chi connectivity index (χ2n) is 7.04. The number of thioether (sulfide) groups is 1. The maximum absolute atomic E-state index is 12.3. The molecule has 0 radical (unpaired) electrons. The summed E-state index contributed by atoms with van der Waals surface area (Å²) in [7, 11) is 1.60. The van der Waals surface area contributed by atoms with Crippen molar-refractivity contribution in [3.05, 3.63) is 94.4 Å². The van der Waals surface area contributed by atoms with Crippen LogP contribution in [-0.4, -0.2) is 29.3 Å². The van der Waals surface area contributed by atoms with Gasteiger partial charge in [0.2, 0.25) is 0 Å². The van der Waals surface area contributed by atoms with E-state index in [0.29, 0.717) is 15.8 Å². The van der Waals surface area contributed by atoms with Gasteiger partial charge in [0.1, 0.15) is 18.1 Å². The number of aliphatic imine (C=N–C) groups is 1. The highest BCUT2D eigenvalue weighted by atomic mass is 32.2. The Labute approximate surface area is 194 Å². The quantitative estimate of drug-likeness (QED) is 0.489. The highest BCUT2D eigenvalue weighted by molar-refractivity contribution is 8.18. The molecule has 0 aromatic heterocycles. The molecule has 166 valence electrons. The van der Waals surface area contributed by atoms with Crippen LogP contribution in [0.3, 0.4) is 0 Å². The average Bonchev–Trinajstić information content (AvgIpc) is 3.17. The molecule has 1 heterocycles. The maximum Gasteiger partial charge on any atom is 0.335 e. The number of amidine groups is 1. The summed E-state index contributed by atoms with van der Waals surface area (Å²) in [6.45, 7) is 0.255. The first-order chi connectivity index (χ1) is 16.0. The molecular weight excluding hydrogens is 440 g/mol. The Morgan fingerprint density at radius 3 is 2.48 bits per heavy atom. The highest BCUT2D eigenvalue weighted by Crippen LogP contribution is 2.29. The van der Waals surface area contributed by atoms with Crippen molar-refractivity contribution in [1.82, 2.24) is 5.32 Å². The first-order valence-corrected chi connectivity index (χ1v) is 10.8. The van der Waals surface area contributed by atoms with E-state index < -0.39 is 5.97 Å². The van der Waals surface area contributed by atoms with Gasteiger partial charge in [-0.05, 0) is 77.5 Å². The molecule has 2 N–H and O–H groups in total. The summed E-state index contributed by atoms with van der Waals surface area (Å²) < 4.78 is 10.9. The number of nitrogens with zero attached hydrogens (tertiary/aromatic N) is 1. The number of aromatic carboxylic acids is 1. The number of hydrogen-bond donors (Lipinski definition) is 2. The molecule has 8 heteroatoms. The minimum atomic E-state index is -0.972. The van der Waals surface area contributed by atoms with Gasteiger partial charge in [-0.3, -0.25) is 4.79 Å². The van der Waals surface area contributed by atoms with Crippen LogP contribution in [0.1, 0.15) is 21.5 Å². The largest absolute Gasteiger partial charge is 0.497 e. The van der Waals surface area contributed by atoms with Gasteiger partial charge in [0.05, 0.1) is 23.3 Å². The van der Waals surface area contributed by atoms with E-state index in [2.05, 4.69) is 10.3 Å². The van der Waals surface area contributed by atoms with E-state index in [0.717, 1.165) is 22.6 Å². The molecule has 4 rings (SSSR count). The predicted molar refractivity (Wildman–Crippen MR) is 128 cm³/mol. The molecule has 0 saturated carbocycles. The lowest BCUT2D eigenvalue weighted by Gasteiger charge is -2.07. The molecule has 1 saturated heterocycles. The van der Waals surface area contributed by atoms with Gasteiger partial charge in [0.15, 0.2) is 5.17 Å². The Hall–Kier alpha value is -4.04. The number of amides is 1. The topological polar surface area (TPSA) is 97.2 Å². The Balaban J connectivity index is 1.39. The Kier molecular flexibility index (Phi) is 6.75.